The number of nitrogens with two attached hydrogens (primary N) is 1. The van der Waals surface area contributed by atoms with E-state index in [0.717, 1.165) is 90.0 Å². The Labute approximate surface area is 340 Å². The van der Waals surface area contributed by atoms with E-state index in [1.54, 1.807) is 46.1 Å². The number of rotatable bonds is 12. The van der Waals surface area contributed by atoms with E-state index in [0.29, 0.717) is 47.4 Å². The van der Waals surface area contributed by atoms with Crippen LogP contribution in [0.2, 0.25) is 0 Å². The Hall–Kier alpha value is -5.21. The number of hydrogen-bond donors (Lipinski definition) is 3. The molecule has 0 atom stereocenters. The molecule has 5 fully saturated rings. The second-order valence-electron chi connectivity index (χ2n) is 16.8. The van der Waals surface area contributed by atoms with Crippen LogP contribution in [0, 0.1) is 11.8 Å². The number of benzene rings is 2. The van der Waals surface area contributed by atoms with Gasteiger partial charge in [-0.3, -0.25) is 29.6 Å². The summed E-state index contributed by atoms with van der Waals surface area (Å²) in [5.41, 5.74) is 9.89. The summed E-state index contributed by atoms with van der Waals surface area (Å²) in [6.07, 6.45) is 12.6. The van der Waals surface area contributed by atoms with Crippen molar-refractivity contribution in [1.29, 1.82) is 0 Å². The number of hydrogen-bond acceptors (Lipinski definition) is 10. The number of ether oxygens (including phenoxy) is 1. The van der Waals surface area contributed by atoms with Crippen LogP contribution in [0.1, 0.15) is 79.8 Å². The van der Waals surface area contributed by atoms with Gasteiger partial charge < -0.3 is 35.1 Å². The Morgan fingerprint density at radius 3 is 2.14 bits per heavy atom. The molecular weight excluding hydrogens is 735 g/mol. The van der Waals surface area contributed by atoms with Gasteiger partial charge in [0.15, 0.2) is 0 Å². The minimum atomic E-state index is -0.424. The van der Waals surface area contributed by atoms with Crippen molar-refractivity contribution >= 4 is 46.8 Å². The summed E-state index contributed by atoms with van der Waals surface area (Å²) in [5.74, 6) is 1.10. The summed E-state index contributed by atoms with van der Waals surface area (Å²) in [6.45, 7) is 9.33. The number of urea groups is 1. The molecule has 3 saturated heterocycles. The highest BCUT2D eigenvalue weighted by Crippen LogP contribution is 2.34. The normalized spacial score (nSPS) is 22.6. The molecule has 4 heterocycles. The SMILES string of the molecule is COc1cc(N)c(C=NC2CCC(CN3CCN(CC4CCN(c5ccc(N6CCC(=O)NC6=O)cc5)CC4)CC3)CC2)cc1C(=O)Nc1cccn(C2CC2)c1=O. The number of aliphatic imine (C=N–C) groups is 1. The predicted molar refractivity (Wildman–Crippen MR) is 227 cm³/mol. The molecule has 0 bridgehead atoms. The Morgan fingerprint density at radius 1 is 0.845 bits per heavy atom. The number of nitrogens with one attached hydrogen (secondary N) is 2. The van der Waals surface area contributed by atoms with E-state index >= 15 is 0 Å². The van der Waals surface area contributed by atoms with Gasteiger partial charge in [-0.1, -0.05) is 0 Å². The lowest BCUT2D eigenvalue weighted by Crippen LogP contribution is -2.50. The van der Waals surface area contributed by atoms with Crippen molar-refractivity contribution in [3.63, 3.8) is 0 Å². The van der Waals surface area contributed by atoms with E-state index < -0.39 is 5.91 Å². The molecule has 2 aromatic carbocycles. The lowest BCUT2D eigenvalue weighted by Gasteiger charge is -2.40. The molecule has 2 saturated carbocycles. The number of aromatic nitrogens is 1. The van der Waals surface area contributed by atoms with Crippen molar-refractivity contribution in [2.45, 2.75) is 69.9 Å². The number of pyridine rings is 1. The lowest BCUT2D eigenvalue weighted by atomic mass is 9.86. The van der Waals surface area contributed by atoms with Crippen LogP contribution < -0.4 is 36.5 Å². The molecule has 14 heteroatoms. The van der Waals surface area contributed by atoms with Gasteiger partial charge in [0.05, 0.1) is 12.7 Å². The fourth-order valence-electron chi connectivity index (χ4n) is 9.08. The molecule has 4 amide bonds. The molecule has 0 unspecified atom stereocenters. The standard InChI is InChI=1S/C44H57N9O5/c1-58-40-26-38(45)32(25-37(40)42(55)47-39-3-2-17-52(43(39)56)35-12-13-35)27-46-33-6-4-30(5-7-33)28-49-21-23-50(24-22-49)29-31-14-18-51(19-15-31)34-8-10-36(11-9-34)53-20-16-41(54)48-44(53)57/h2-3,8-11,17,25-27,30-31,33,35H,4-7,12-16,18-24,28-29,45H2,1H3,(H,47,55)(H,48,54,57). The van der Waals surface area contributed by atoms with Crippen molar-refractivity contribution in [1.82, 2.24) is 19.7 Å². The first-order chi connectivity index (χ1) is 28.2. The highest BCUT2D eigenvalue weighted by molar-refractivity contribution is 6.08. The molecule has 0 spiro atoms. The second kappa shape index (κ2) is 17.7. The first-order valence-electron chi connectivity index (χ1n) is 21.1. The van der Waals surface area contributed by atoms with E-state index in [1.165, 1.54) is 32.2 Å². The molecular formula is C44H57N9O5. The zero-order chi connectivity index (χ0) is 40.2. The first kappa shape index (κ1) is 39.6. The molecule has 3 aliphatic heterocycles. The minimum Gasteiger partial charge on any atom is -0.496 e. The van der Waals surface area contributed by atoms with E-state index in [1.807, 2.05) is 12.1 Å². The third kappa shape index (κ3) is 9.39. The van der Waals surface area contributed by atoms with Gasteiger partial charge in [-0.15, -0.1) is 0 Å². The summed E-state index contributed by atoms with van der Waals surface area (Å²) < 4.78 is 7.18. The molecule has 2 aliphatic carbocycles. The highest BCUT2D eigenvalue weighted by Gasteiger charge is 2.29. The zero-order valence-corrected chi connectivity index (χ0v) is 33.6. The van der Waals surface area contributed by atoms with Crippen molar-refractivity contribution in [3.05, 3.63) is 76.2 Å². The molecule has 0 radical (unpaired) electrons. The van der Waals surface area contributed by atoms with Gasteiger partial charge in [0, 0.05) is 119 Å². The maximum absolute atomic E-state index is 13.4. The number of imide groups is 1. The van der Waals surface area contributed by atoms with Crippen LogP contribution >= 0.6 is 0 Å². The van der Waals surface area contributed by atoms with Gasteiger partial charge >= 0.3 is 6.03 Å². The molecule has 5 aliphatic rings. The Bertz CT molecular complexity index is 2040. The molecule has 4 N–H and O–H groups in total. The van der Waals surface area contributed by atoms with Gasteiger partial charge in [-0.2, -0.15) is 0 Å². The molecule has 8 rings (SSSR count). The summed E-state index contributed by atoms with van der Waals surface area (Å²) in [7, 11) is 1.50. The number of carbonyl (C=O) groups excluding carboxylic acids is 3. The fraction of sp³-hybridized carbons (Fsp3) is 0.523. The number of methoxy groups -OCH3 is 1. The highest BCUT2D eigenvalue weighted by atomic mass is 16.5. The largest absolute Gasteiger partial charge is 0.496 e. The average molecular weight is 792 g/mol. The van der Waals surface area contributed by atoms with Crippen LogP contribution in [0.4, 0.5) is 27.5 Å². The van der Waals surface area contributed by atoms with Gasteiger partial charge in [-0.05, 0) is 106 Å². The number of nitrogens with zero attached hydrogens (tertiary/aromatic N) is 6. The van der Waals surface area contributed by atoms with Crippen LogP contribution in [-0.4, -0.2) is 110 Å². The van der Waals surface area contributed by atoms with Gasteiger partial charge in [0.1, 0.15) is 11.4 Å². The van der Waals surface area contributed by atoms with E-state index in [4.69, 9.17) is 15.5 Å². The molecule has 58 heavy (non-hydrogen) atoms. The summed E-state index contributed by atoms with van der Waals surface area (Å²) in [6, 6.07) is 15.0. The van der Waals surface area contributed by atoms with Crippen molar-refractivity contribution < 1.29 is 19.1 Å². The number of piperazine rings is 1. The van der Waals surface area contributed by atoms with Crippen molar-refractivity contribution in [2.75, 3.05) is 86.9 Å². The summed E-state index contributed by atoms with van der Waals surface area (Å²) >= 11 is 0. The van der Waals surface area contributed by atoms with Crippen LogP contribution in [0.15, 0.2) is 64.5 Å². The third-order valence-corrected chi connectivity index (χ3v) is 12.7. The Morgan fingerprint density at radius 2 is 1.50 bits per heavy atom. The average Bonchev–Trinajstić information content (AvgIpc) is 4.08. The molecule has 3 aromatic rings. The second-order valence-corrected chi connectivity index (χ2v) is 16.8. The van der Waals surface area contributed by atoms with Crippen molar-refractivity contribution in [2.24, 2.45) is 16.8 Å². The van der Waals surface area contributed by atoms with Crippen LogP contribution in [0.3, 0.4) is 0 Å². The van der Waals surface area contributed by atoms with Gasteiger partial charge in [0.25, 0.3) is 11.5 Å². The van der Waals surface area contributed by atoms with Crippen LogP contribution in [0.25, 0.3) is 0 Å². The Kier molecular flexibility index (Phi) is 12.1. The number of anilines is 4. The van der Waals surface area contributed by atoms with E-state index in [9.17, 15) is 19.2 Å². The van der Waals surface area contributed by atoms with E-state index in [2.05, 4.69) is 37.5 Å². The van der Waals surface area contributed by atoms with E-state index in [-0.39, 0.29) is 35.3 Å². The van der Waals surface area contributed by atoms with Gasteiger partial charge in [-0.25, -0.2) is 4.79 Å². The molecule has 1 aromatic heterocycles. The van der Waals surface area contributed by atoms with Crippen LogP contribution in [-0.2, 0) is 4.79 Å². The third-order valence-electron chi connectivity index (χ3n) is 12.7. The van der Waals surface area contributed by atoms with Crippen LogP contribution in [0.5, 0.6) is 5.75 Å². The number of nitrogen functional groups attached to an aromatic ring is 1. The fourth-order valence-corrected chi connectivity index (χ4v) is 9.08. The number of carbonyl (C=O) groups is 3. The summed E-state index contributed by atoms with van der Waals surface area (Å²) in [4.78, 5) is 64.4. The number of amides is 4. The monoisotopic (exact) mass is 791 g/mol. The predicted octanol–water partition coefficient (Wildman–Crippen LogP) is 4.98. The topological polar surface area (TPSA) is 158 Å². The number of piperidine rings is 1. The van der Waals surface area contributed by atoms with Gasteiger partial charge in [0.2, 0.25) is 5.91 Å². The smallest absolute Gasteiger partial charge is 0.328 e. The quantitative estimate of drug-likeness (QED) is 0.170. The maximum atomic E-state index is 13.4. The lowest BCUT2D eigenvalue weighted by molar-refractivity contribution is -0.120. The Balaban J connectivity index is 0.749. The first-order valence-corrected chi connectivity index (χ1v) is 21.1. The minimum absolute atomic E-state index is 0.203. The zero-order valence-electron chi connectivity index (χ0n) is 33.6. The van der Waals surface area contributed by atoms with Crippen molar-refractivity contribution in [3.8, 4) is 5.75 Å². The summed E-state index contributed by atoms with van der Waals surface area (Å²) in [5, 5.41) is 5.19. The maximum Gasteiger partial charge on any atom is 0.328 e. The molecule has 308 valence electrons. The molecule has 14 nitrogen and oxygen atoms in total.